The number of rotatable bonds is 13. The van der Waals surface area contributed by atoms with Crippen LogP contribution in [0, 0.1) is 16.3 Å². The second-order valence-electron chi connectivity index (χ2n) is 16.5. The van der Waals surface area contributed by atoms with Crippen LogP contribution in [0.3, 0.4) is 0 Å². The first kappa shape index (κ1) is 43.0. The SMILES string of the molecule is COc1ccc(CN(Cc2ccc(OC)cc2)c2cc(C)c(I)c(-c3nc4c5c(nc(OC[C@@]67CCCN6C[C@H](F)C7)nc5c3F)N([C@H](C)c3cccnc3N)CCO4)c2Cl)cc1. The van der Waals surface area contributed by atoms with Gasteiger partial charge < -0.3 is 34.5 Å². The van der Waals surface area contributed by atoms with E-state index in [2.05, 4.69) is 37.4 Å². The number of fused-ring (bicyclic) bond motifs is 1. The van der Waals surface area contributed by atoms with E-state index in [1.165, 1.54) is 0 Å². The highest BCUT2D eigenvalue weighted by atomic mass is 127. The van der Waals surface area contributed by atoms with Crippen molar-refractivity contribution in [3.63, 3.8) is 0 Å². The third-order valence-electron chi connectivity index (χ3n) is 12.6. The van der Waals surface area contributed by atoms with E-state index in [1.54, 1.807) is 20.4 Å². The lowest BCUT2D eigenvalue weighted by Crippen LogP contribution is -2.43. The van der Waals surface area contributed by atoms with Crippen LogP contribution in [0.15, 0.2) is 72.9 Å². The number of hydrogen-bond acceptors (Lipinski definition) is 12. The number of pyridine rings is 2. The standard InChI is InChI=1S/C47H48ClF2IN8O4/c1-27-21-35(57(23-29-8-12-32(60-3)13-9-29)24-30-10-14-33(61-4)15-11-30)38(48)36(40(27)51)41-39(50)42-37-44(56-46(55-42)63-26-47-16-6-18-58(47)25-31(49)22-47)59(19-20-62-45(37)54-41)28(2)34-7-5-17-53-43(34)52/h5,7-15,17,21,28,31H,6,16,18-20,22-26H2,1-4H3,(H2,52,53)/t28-,31-,47+/m1/s1. The van der Waals surface area contributed by atoms with Crippen molar-refractivity contribution in [1.82, 2.24) is 24.8 Å². The molecule has 12 nitrogen and oxygen atoms in total. The summed E-state index contributed by atoms with van der Waals surface area (Å²) in [6, 6.07) is 21.1. The van der Waals surface area contributed by atoms with Gasteiger partial charge in [-0.3, -0.25) is 4.90 Å². The van der Waals surface area contributed by atoms with Crippen LogP contribution in [0.2, 0.25) is 5.02 Å². The molecule has 16 heteroatoms. The van der Waals surface area contributed by atoms with Crippen molar-refractivity contribution in [1.29, 1.82) is 0 Å². The molecule has 0 unspecified atom stereocenters. The number of halogens is 4. The zero-order valence-electron chi connectivity index (χ0n) is 35.5. The smallest absolute Gasteiger partial charge is 0.319 e. The molecule has 0 aliphatic carbocycles. The number of benzene rings is 3. The molecule has 2 N–H and O–H groups in total. The van der Waals surface area contributed by atoms with E-state index in [1.807, 2.05) is 85.5 Å². The van der Waals surface area contributed by atoms with Crippen molar-refractivity contribution in [3.05, 3.63) is 110 Å². The van der Waals surface area contributed by atoms with Crippen molar-refractivity contribution < 1.29 is 27.7 Å². The fraction of sp³-hybridized carbons (Fsp3) is 0.362. The number of aromatic nitrogens is 4. The van der Waals surface area contributed by atoms with Crippen molar-refractivity contribution in [2.75, 3.05) is 62.6 Å². The molecule has 0 bridgehead atoms. The van der Waals surface area contributed by atoms with Crippen LogP contribution in [0.5, 0.6) is 23.4 Å². The fourth-order valence-electron chi connectivity index (χ4n) is 9.29. The van der Waals surface area contributed by atoms with E-state index < -0.39 is 17.5 Å². The second-order valence-corrected chi connectivity index (χ2v) is 17.9. The fourth-order valence-corrected chi connectivity index (χ4v) is 10.5. The minimum atomic E-state index is -0.946. The number of aryl methyl sites for hydroxylation is 1. The summed E-state index contributed by atoms with van der Waals surface area (Å²) in [7, 11) is 3.27. The van der Waals surface area contributed by atoms with Gasteiger partial charge in [0, 0.05) is 46.9 Å². The summed E-state index contributed by atoms with van der Waals surface area (Å²) in [6.45, 7) is 6.79. The van der Waals surface area contributed by atoms with Gasteiger partial charge in [-0.15, -0.1) is 0 Å². The molecular weight excluding hydrogens is 941 g/mol. The number of ether oxygens (including phenoxy) is 4. The number of hydrogen-bond donors (Lipinski definition) is 1. The molecule has 3 aromatic heterocycles. The molecule has 0 radical (unpaired) electrons. The summed E-state index contributed by atoms with van der Waals surface area (Å²) in [5, 5.41) is 0.606. The van der Waals surface area contributed by atoms with Crippen LogP contribution in [0.4, 0.5) is 26.1 Å². The van der Waals surface area contributed by atoms with E-state index in [0.29, 0.717) is 65.9 Å². The van der Waals surface area contributed by atoms with Gasteiger partial charge in [0.15, 0.2) is 5.82 Å². The average molecular weight is 989 g/mol. The summed E-state index contributed by atoms with van der Waals surface area (Å²) in [6.07, 6.45) is 2.78. The van der Waals surface area contributed by atoms with Crippen LogP contribution in [0.1, 0.15) is 54.5 Å². The molecule has 6 aromatic rings. The van der Waals surface area contributed by atoms with E-state index in [9.17, 15) is 4.39 Å². The molecule has 3 aliphatic rings. The molecule has 0 amide bonds. The molecule has 0 saturated carbocycles. The highest BCUT2D eigenvalue weighted by molar-refractivity contribution is 14.1. The van der Waals surface area contributed by atoms with Crippen molar-refractivity contribution in [2.24, 2.45) is 0 Å². The van der Waals surface area contributed by atoms with Gasteiger partial charge in [-0.25, -0.2) is 18.7 Å². The Balaban J connectivity index is 1.19. The maximum Gasteiger partial charge on any atom is 0.319 e. The summed E-state index contributed by atoms with van der Waals surface area (Å²) >= 11 is 9.76. The van der Waals surface area contributed by atoms with Crippen LogP contribution < -0.4 is 34.5 Å². The van der Waals surface area contributed by atoms with E-state index in [-0.39, 0.29) is 42.4 Å². The van der Waals surface area contributed by atoms with E-state index in [4.69, 9.17) is 51.2 Å². The Morgan fingerprint density at radius 3 is 2.38 bits per heavy atom. The third-order valence-corrected chi connectivity index (χ3v) is 14.4. The van der Waals surface area contributed by atoms with Crippen molar-refractivity contribution in [2.45, 2.75) is 64.0 Å². The largest absolute Gasteiger partial charge is 0.497 e. The molecular formula is C47H48ClF2IN8O4. The Hall–Kier alpha value is -5.26. The molecule has 2 saturated heterocycles. The maximum absolute atomic E-state index is 17.9. The molecule has 3 aliphatic heterocycles. The molecule has 0 spiro atoms. The first-order chi connectivity index (χ1) is 30.5. The molecule has 3 aromatic carbocycles. The molecule has 63 heavy (non-hydrogen) atoms. The Labute approximate surface area is 383 Å². The van der Waals surface area contributed by atoms with Crippen LogP contribution in [0.25, 0.3) is 22.2 Å². The Bertz CT molecular complexity index is 2610. The molecule has 6 heterocycles. The quantitative estimate of drug-likeness (QED) is 0.111. The summed E-state index contributed by atoms with van der Waals surface area (Å²) in [4.78, 5) is 25.3. The molecule has 2 fully saturated rings. The maximum atomic E-state index is 17.9. The summed E-state index contributed by atoms with van der Waals surface area (Å²) in [5.41, 5.74) is 10.6. The van der Waals surface area contributed by atoms with Gasteiger partial charge in [-0.2, -0.15) is 9.97 Å². The number of anilines is 3. The Kier molecular flexibility index (Phi) is 12.1. The number of alkyl halides is 1. The first-order valence-corrected chi connectivity index (χ1v) is 22.5. The van der Waals surface area contributed by atoms with Gasteiger partial charge in [0.1, 0.15) is 59.1 Å². The van der Waals surface area contributed by atoms with Gasteiger partial charge in [-0.05, 0) is 109 Å². The number of nitrogen functional groups attached to an aromatic ring is 1. The zero-order valence-corrected chi connectivity index (χ0v) is 38.4. The zero-order chi connectivity index (χ0) is 44.0. The minimum Gasteiger partial charge on any atom is -0.497 e. The molecule has 328 valence electrons. The van der Waals surface area contributed by atoms with E-state index in [0.717, 1.165) is 56.7 Å². The lowest BCUT2D eigenvalue weighted by atomic mass is 9.95. The van der Waals surface area contributed by atoms with Crippen molar-refractivity contribution in [3.8, 4) is 34.6 Å². The second kappa shape index (κ2) is 17.7. The van der Waals surface area contributed by atoms with Gasteiger partial charge in [0.25, 0.3) is 0 Å². The van der Waals surface area contributed by atoms with E-state index >= 15 is 4.39 Å². The van der Waals surface area contributed by atoms with Gasteiger partial charge in [0.05, 0.1) is 43.1 Å². The van der Waals surface area contributed by atoms with Gasteiger partial charge in [-0.1, -0.05) is 41.9 Å². The lowest BCUT2D eigenvalue weighted by Gasteiger charge is -2.32. The van der Waals surface area contributed by atoms with Crippen LogP contribution >= 0.6 is 34.2 Å². The predicted molar refractivity (Wildman–Crippen MR) is 250 cm³/mol. The lowest BCUT2D eigenvalue weighted by molar-refractivity contribution is 0.107. The Morgan fingerprint density at radius 1 is 1.02 bits per heavy atom. The van der Waals surface area contributed by atoms with Crippen LogP contribution in [-0.4, -0.2) is 83.6 Å². The molecule has 9 rings (SSSR count). The van der Waals surface area contributed by atoms with Gasteiger partial charge in [0.2, 0.25) is 5.88 Å². The summed E-state index contributed by atoms with van der Waals surface area (Å²) < 4.78 is 57.2. The monoisotopic (exact) mass is 988 g/mol. The first-order valence-electron chi connectivity index (χ1n) is 21.0. The van der Waals surface area contributed by atoms with Crippen LogP contribution in [-0.2, 0) is 13.1 Å². The molecule has 3 atom stereocenters. The highest BCUT2D eigenvalue weighted by Gasteiger charge is 2.49. The number of nitrogens with zero attached hydrogens (tertiary/aromatic N) is 7. The van der Waals surface area contributed by atoms with Gasteiger partial charge >= 0.3 is 6.01 Å². The number of methoxy groups -OCH3 is 2. The number of nitrogens with two attached hydrogens (primary N) is 1. The normalized spacial score (nSPS) is 18.8. The highest BCUT2D eigenvalue weighted by Crippen LogP contribution is 2.47. The topological polar surface area (TPSA) is 124 Å². The minimum absolute atomic E-state index is 0.0177. The average Bonchev–Trinajstić information content (AvgIpc) is 3.75. The summed E-state index contributed by atoms with van der Waals surface area (Å²) in [5.74, 6) is 1.69. The van der Waals surface area contributed by atoms with Crippen molar-refractivity contribution >= 4 is 62.4 Å². The predicted octanol–water partition coefficient (Wildman–Crippen LogP) is 9.51. The Morgan fingerprint density at radius 2 is 1.71 bits per heavy atom. The third kappa shape index (κ3) is 8.23.